The number of hydrogen-bond donors (Lipinski definition) is 1. The van der Waals surface area contributed by atoms with Gasteiger partial charge in [-0.2, -0.15) is 13.2 Å². The molecule has 230 valence electrons. The largest absolute Gasteiger partial charge is 0.485 e. The molecule has 0 saturated heterocycles. The first kappa shape index (κ1) is 31.7. The molecule has 1 N–H and O–H groups in total. The Morgan fingerprint density at radius 3 is 2.55 bits per heavy atom. The van der Waals surface area contributed by atoms with Crippen molar-refractivity contribution >= 4 is 27.6 Å². The summed E-state index contributed by atoms with van der Waals surface area (Å²) in [4.78, 5) is 12.2. The molecular weight excluding hydrogens is 607 g/mol. The third kappa shape index (κ3) is 7.37. The molecule has 3 aromatic rings. The van der Waals surface area contributed by atoms with E-state index in [4.69, 9.17) is 30.5 Å². The van der Waals surface area contributed by atoms with E-state index in [1.54, 1.807) is 20.8 Å². The third-order valence-corrected chi connectivity index (χ3v) is 7.83. The molecule has 18 heteroatoms. The topological polar surface area (TPSA) is 152 Å². The summed E-state index contributed by atoms with van der Waals surface area (Å²) in [5.74, 6) is -0.450. The summed E-state index contributed by atoms with van der Waals surface area (Å²) < 4.78 is 92.0. The lowest BCUT2D eigenvalue weighted by atomic mass is 10.2. The number of ether oxygens (including phenoxy) is 4. The first-order valence-corrected chi connectivity index (χ1v) is 14.7. The molecule has 0 aromatic carbocycles. The average Bonchev–Trinajstić information content (AvgIpc) is 3.24. The van der Waals surface area contributed by atoms with Crippen LogP contribution in [0.2, 0.25) is 5.02 Å². The third-order valence-electron chi connectivity index (χ3n) is 5.94. The quantitative estimate of drug-likeness (QED) is 0.307. The highest BCUT2D eigenvalue weighted by Crippen LogP contribution is 2.41. The zero-order chi connectivity index (χ0) is 30.7. The summed E-state index contributed by atoms with van der Waals surface area (Å²) in [6, 6.07) is 0.762. The van der Waals surface area contributed by atoms with Crippen LogP contribution in [0.5, 0.6) is 11.6 Å². The monoisotopic (exact) mass is 635 g/mol. The van der Waals surface area contributed by atoms with Crippen molar-refractivity contribution in [1.82, 2.24) is 29.7 Å². The van der Waals surface area contributed by atoms with Crippen molar-refractivity contribution in [3.63, 3.8) is 0 Å². The second-order valence-corrected chi connectivity index (χ2v) is 11.9. The van der Waals surface area contributed by atoms with Crippen LogP contribution in [0.3, 0.4) is 0 Å². The number of alkyl halides is 3. The molecule has 0 spiro atoms. The molecule has 0 saturated carbocycles. The molecule has 0 radical (unpaired) electrons. The Morgan fingerprint density at radius 1 is 1.19 bits per heavy atom. The van der Waals surface area contributed by atoms with Gasteiger partial charge in [-0.1, -0.05) is 11.6 Å². The maximum atomic E-state index is 13.7. The highest BCUT2D eigenvalue weighted by Gasteiger charge is 2.38. The van der Waals surface area contributed by atoms with Gasteiger partial charge in [0.1, 0.15) is 18.0 Å². The molecule has 0 unspecified atom stereocenters. The minimum atomic E-state index is -4.61. The zero-order valence-electron chi connectivity index (χ0n) is 23.0. The number of nitrogens with one attached hydrogen (secondary N) is 1. The van der Waals surface area contributed by atoms with Crippen LogP contribution in [0.4, 0.5) is 19.1 Å². The lowest BCUT2D eigenvalue weighted by molar-refractivity contribution is -0.154. The van der Waals surface area contributed by atoms with Crippen molar-refractivity contribution in [3.05, 3.63) is 35.5 Å². The summed E-state index contributed by atoms with van der Waals surface area (Å²) in [6.07, 6.45) is -2.16. The molecular formula is C24H29ClF3N7O6S. The molecule has 13 nitrogen and oxygen atoms in total. The fraction of sp³-hybridized carbons (Fsp3) is 0.542. The minimum absolute atomic E-state index is 0.0453. The number of pyridine rings is 1. The van der Waals surface area contributed by atoms with E-state index in [0.29, 0.717) is 6.61 Å². The zero-order valence-corrected chi connectivity index (χ0v) is 24.6. The van der Waals surface area contributed by atoms with E-state index in [2.05, 4.69) is 29.9 Å². The number of halogens is 4. The van der Waals surface area contributed by atoms with Gasteiger partial charge in [-0.25, -0.2) is 23.4 Å². The van der Waals surface area contributed by atoms with E-state index in [9.17, 15) is 21.6 Å². The minimum Gasteiger partial charge on any atom is -0.485 e. The smallest absolute Gasteiger partial charge is 0.422 e. The lowest BCUT2D eigenvalue weighted by Crippen LogP contribution is -2.35. The number of rotatable bonds is 12. The Morgan fingerprint density at radius 2 is 1.90 bits per heavy atom. The summed E-state index contributed by atoms with van der Waals surface area (Å²) >= 11 is 5.90. The Kier molecular flexibility index (Phi) is 9.74. The Balaban J connectivity index is 1.72. The van der Waals surface area contributed by atoms with Crippen molar-refractivity contribution in [2.45, 2.75) is 57.4 Å². The van der Waals surface area contributed by atoms with Gasteiger partial charge < -0.3 is 18.9 Å². The second-order valence-electron chi connectivity index (χ2n) is 9.46. The van der Waals surface area contributed by atoms with E-state index >= 15 is 0 Å². The van der Waals surface area contributed by atoms with Crippen LogP contribution in [0.25, 0.3) is 11.4 Å². The summed E-state index contributed by atoms with van der Waals surface area (Å²) in [6.45, 7) is 5.32. The van der Waals surface area contributed by atoms with Crippen LogP contribution in [0.15, 0.2) is 24.7 Å². The predicted octanol–water partition coefficient (Wildman–Crippen LogP) is 3.99. The molecule has 42 heavy (non-hydrogen) atoms. The summed E-state index contributed by atoms with van der Waals surface area (Å²) in [5, 5.41) is 7.26. The molecule has 1 aliphatic rings. The van der Waals surface area contributed by atoms with Gasteiger partial charge in [0, 0.05) is 25.2 Å². The molecule has 0 aliphatic carbocycles. The lowest BCUT2D eigenvalue weighted by Gasteiger charge is -2.26. The number of anilines is 1. The number of nitrogens with zero attached hydrogens (tertiary/aromatic N) is 6. The number of fused-ring (bicyclic) bond motifs is 3. The molecule has 3 aromatic heterocycles. The van der Waals surface area contributed by atoms with Crippen LogP contribution >= 0.6 is 11.6 Å². The first-order chi connectivity index (χ1) is 19.8. The molecule has 4 heterocycles. The molecule has 0 bridgehead atoms. The van der Waals surface area contributed by atoms with Crippen LogP contribution in [0.1, 0.15) is 45.7 Å². The van der Waals surface area contributed by atoms with Gasteiger partial charge in [0.05, 0.1) is 29.3 Å². The standard InChI is InChI=1S/C24H29ClF3N7O6S/c1-5-38-10-16-11-39-19-17(6-7-29-22(19)40-12-24(26,27)28)21-32-33-23(35(16)21)34-42(36,37)14(4)18(41-13(2)3)20-30-8-15(25)9-31-20/h6-9,13-14,16,18H,5,10-12H2,1-4H3,(H,33,34)/t14-,16+,18+/m0/s1. The van der Waals surface area contributed by atoms with Crippen molar-refractivity contribution < 1.29 is 40.5 Å². The van der Waals surface area contributed by atoms with E-state index < -0.39 is 46.1 Å². The van der Waals surface area contributed by atoms with Gasteiger partial charge in [-0.15, -0.1) is 10.2 Å². The summed E-state index contributed by atoms with van der Waals surface area (Å²) in [7, 11) is -4.24. The molecule has 1 aliphatic heterocycles. The molecule has 0 amide bonds. The molecule has 3 atom stereocenters. The normalized spacial score (nSPS) is 16.6. The van der Waals surface area contributed by atoms with E-state index in [0.717, 1.165) is 0 Å². The maximum absolute atomic E-state index is 13.7. The van der Waals surface area contributed by atoms with E-state index in [1.807, 2.05) is 0 Å². The first-order valence-electron chi connectivity index (χ1n) is 12.8. The van der Waals surface area contributed by atoms with Gasteiger partial charge in [0.2, 0.25) is 16.0 Å². The number of aromatic nitrogens is 6. The van der Waals surface area contributed by atoms with Gasteiger partial charge in [-0.3, -0.25) is 9.29 Å². The fourth-order valence-corrected chi connectivity index (χ4v) is 5.23. The van der Waals surface area contributed by atoms with E-state index in [1.165, 1.54) is 36.1 Å². The number of hydrogen-bond acceptors (Lipinski definition) is 11. The van der Waals surface area contributed by atoms with Crippen LogP contribution in [-0.2, 0) is 19.5 Å². The Hall–Kier alpha value is -3.28. The van der Waals surface area contributed by atoms with Gasteiger partial charge >= 0.3 is 6.18 Å². The van der Waals surface area contributed by atoms with Crippen molar-refractivity contribution in [2.24, 2.45) is 0 Å². The molecule has 4 rings (SSSR count). The molecule has 0 fully saturated rings. The van der Waals surface area contributed by atoms with Crippen LogP contribution in [-0.4, -0.2) is 82.1 Å². The SMILES string of the molecule is CCOC[C@@H]1COc2c(ccnc2OCC(F)(F)F)-c2nnc(NS(=O)(=O)[C@@H](C)[C@@H](OC(C)C)c3ncc(Cl)cn3)n21. The predicted molar refractivity (Wildman–Crippen MR) is 144 cm³/mol. The number of sulfonamides is 1. The fourth-order valence-electron chi connectivity index (χ4n) is 4.05. The van der Waals surface area contributed by atoms with E-state index in [-0.39, 0.29) is 53.3 Å². The van der Waals surface area contributed by atoms with Crippen LogP contribution < -0.4 is 14.2 Å². The van der Waals surface area contributed by atoms with Crippen LogP contribution in [0, 0.1) is 0 Å². The van der Waals surface area contributed by atoms with Gasteiger partial charge in [0.15, 0.2) is 24.0 Å². The van der Waals surface area contributed by atoms with Gasteiger partial charge in [0.25, 0.3) is 5.88 Å². The van der Waals surface area contributed by atoms with Crippen molar-refractivity contribution in [1.29, 1.82) is 0 Å². The Labute approximate surface area is 244 Å². The van der Waals surface area contributed by atoms with Gasteiger partial charge in [-0.05, 0) is 33.8 Å². The highest BCUT2D eigenvalue weighted by atomic mass is 35.5. The van der Waals surface area contributed by atoms with Crippen molar-refractivity contribution in [2.75, 3.05) is 31.1 Å². The Bertz CT molecular complexity index is 1470. The highest BCUT2D eigenvalue weighted by molar-refractivity contribution is 7.93. The maximum Gasteiger partial charge on any atom is 0.422 e. The van der Waals surface area contributed by atoms with Crippen molar-refractivity contribution in [3.8, 4) is 23.0 Å². The average molecular weight is 636 g/mol. The second kappa shape index (κ2) is 12.9. The summed E-state index contributed by atoms with van der Waals surface area (Å²) in [5.41, 5.74) is 0.197.